The predicted octanol–water partition coefficient (Wildman–Crippen LogP) is 6.42. The Balaban J connectivity index is 0.000000310. The summed E-state index contributed by atoms with van der Waals surface area (Å²) >= 11 is 1.46. The lowest BCUT2D eigenvalue weighted by Gasteiger charge is -2.26. The molecular weight excluding hydrogens is 634 g/mol. The summed E-state index contributed by atoms with van der Waals surface area (Å²) in [5.74, 6) is 4.33. The lowest BCUT2D eigenvalue weighted by molar-refractivity contribution is 0.0696. The maximum absolute atomic E-state index is 13.6. The number of likely N-dealkylation sites (tertiary alicyclic amines) is 1. The van der Waals surface area contributed by atoms with E-state index in [1.54, 1.807) is 72.8 Å². The SMILES string of the molecule is NOC(N)=O.O=C(O)c1ccccc1.O=C(c1ccc(OCCN2CCCCC2)cc1)c1c(-c2ccc(O)cc2)sc2cc(O)ccc12. The van der Waals surface area contributed by atoms with Crippen LogP contribution in [0.25, 0.3) is 20.5 Å². The van der Waals surface area contributed by atoms with E-state index in [1.807, 2.05) is 24.3 Å². The molecule has 1 amide bonds. The van der Waals surface area contributed by atoms with Gasteiger partial charge in [-0.1, -0.05) is 24.6 Å². The average Bonchev–Trinajstić information content (AvgIpc) is 3.48. The molecule has 0 spiro atoms. The highest BCUT2D eigenvalue weighted by atomic mass is 32.1. The van der Waals surface area contributed by atoms with Crippen LogP contribution in [0.3, 0.4) is 0 Å². The van der Waals surface area contributed by atoms with Gasteiger partial charge in [0.15, 0.2) is 5.78 Å². The molecule has 0 unspecified atom stereocenters. The lowest BCUT2D eigenvalue weighted by Crippen LogP contribution is -2.33. The Bertz CT molecular complexity index is 1800. The van der Waals surface area contributed by atoms with Crippen LogP contribution >= 0.6 is 11.3 Å². The molecule has 1 aromatic heterocycles. The third-order valence-electron chi connectivity index (χ3n) is 7.41. The second-order valence-corrected chi connectivity index (χ2v) is 11.8. The number of rotatable bonds is 8. The number of thiophene rings is 1. The topological polar surface area (TPSA) is 186 Å². The summed E-state index contributed by atoms with van der Waals surface area (Å²) < 4.78 is 6.76. The molecule has 0 saturated carbocycles. The van der Waals surface area contributed by atoms with E-state index in [-0.39, 0.29) is 17.3 Å². The molecule has 0 bridgehead atoms. The number of phenolic OH excluding ortho intramolecular Hbond substituents is 2. The number of aromatic carboxylic acids is 1. The smallest absolute Gasteiger partial charge is 0.423 e. The maximum Gasteiger partial charge on any atom is 0.423 e. The number of ether oxygens (including phenoxy) is 1. The van der Waals surface area contributed by atoms with E-state index < -0.39 is 12.1 Å². The maximum atomic E-state index is 13.6. The quantitative estimate of drug-likeness (QED) is 0.0911. The van der Waals surface area contributed by atoms with Gasteiger partial charge in [-0.15, -0.1) is 11.3 Å². The minimum Gasteiger partial charge on any atom is -0.508 e. The van der Waals surface area contributed by atoms with Gasteiger partial charge in [0.25, 0.3) is 0 Å². The summed E-state index contributed by atoms with van der Waals surface area (Å²) in [5.41, 5.74) is 6.66. The molecule has 1 saturated heterocycles. The molecule has 250 valence electrons. The molecule has 7 N–H and O–H groups in total. The van der Waals surface area contributed by atoms with Crippen molar-refractivity contribution in [2.45, 2.75) is 19.3 Å². The first-order chi connectivity index (χ1) is 23.2. The highest BCUT2D eigenvalue weighted by Gasteiger charge is 2.22. The fourth-order valence-electron chi connectivity index (χ4n) is 5.03. The Hall–Kier alpha value is -5.43. The predicted molar refractivity (Wildman–Crippen MR) is 185 cm³/mol. The molecule has 0 aliphatic carbocycles. The minimum atomic E-state index is -0.968. The van der Waals surface area contributed by atoms with Crippen LogP contribution in [0, 0.1) is 0 Å². The molecular formula is C36H37N3O8S. The molecule has 1 aliphatic rings. The van der Waals surface area contributed by atoms with Crippen molar-refractivity contribution >= 4 is 39.3 Å². The van der Waals surface area contributed by atoms with Gasteiger partial charge in [-0.05, 0) is 110 Å². The van der Waals surface area contributed by atoms with Crippen molar-refractivity contribution in [3.8, 4) is 27.7 Å². The van der Waals surface area contributed by atoms with E-state index in [4.69, 9.17) is 9.84 Å². The van der Waals surface area contributed by atoms with Gasteiger partial charge in [-0.25, -0.2) is 9.59 Å². The largest absolute Gasteiger partial charge is 0.508 e. The highest BCUT2D eigenvalue weighted by molar-refractivity contribution is 7.22. The number of carboxylic acid groups (broad SMARTS) is 1. The van der Waals surface area contributed by atoms with E-state index in [2.05, 4.69) is 21.4 Å². The number of carboxylic acids is 1. The van der Waals surface area contributed by atoms with Crippen molar-refractivity contribution in [1.82, 2.24) is 4.90 Å². The van der Waals surface area contributed by atoms with Gasteiger partial charge in [0.1, 0.15) is 23.9 Å². The van der Waals surface area contributed by atoms with Crippen LogP contribution in [-0.4, -0.2) is 64.3 Å². The standard InChI is InChI=1S/C28H27NO4S.C7H6O2.CH4N2O2/c30-21-8-4-20(5-9-21)28-26(24-13-10-22(31)18-25(24)34-28)27(32)19-6-11-23(12-7-19)33-17-16-29-14-2-1-3-15-29;8-7(9)6-4-2-1-3-5-6;2-1(4)5-3/h4-13,18,30-31H,1-3,14-17H2;1-5H,(H,8,9);3H2,(H2,2,4). The summed E-state index contributed by atoms with van der Waals surface area (Å²) in [6.07, 6.45) is 2.88. The van der Waals surface area contributed by atoms with Crippen molar-refractivity contribution in [2.75, 3.05) is 26.2 Å². The molecule has 1 fully saturated rings. The number of ketones is 1. The number of hydrogen-bond acceptors (Lipinski definition) is 10. The molecule has 2 heterocycles. The number of carbonyl (C=O) groups excluding carboxylic acids is 2. The van der Waals surface area contributed by atoms with Crippen molar-refractivity contribution < 1.29 is 39.3 Å². The number of nitrogens with two attached hydrogens (primary N) is 2. The number of phenols is 2. The highest BCUT2D eigenvalue weighted by Crippen LogP contribution is 2.41. The van der Waals surface area contributed by atoms with Gasteiger partial charge in [0, 0.05) is 32.6 Å². The number of aromatic hydroxyl groups is 2. The van der Waals surface area contributed by atoms with E-state index in [1.165, 1.54) is 30.6 Å². The van der Waals surface area contributed by atoms with E-state index >= 15 is 0 Å². The number of carbonyl (C=O) groups is 3. The van der Waals surface area contributed by atoms with Gasteiger partial charge in [0.2, 0.25) is 0 Å². The second-order valence-electron chi connectivity index (χ2n) is 10.7. The number of hydrogen-bond donors (Lipinski definition) is 5. The fraction of sp³-hybridized carbons (Fsp3) is 0.194. The van der Waals surface area contributed by atoms with Gasteiger partial charge >= 0.3 is 12.1 Å². The lowest BCUT2D eigenvalue weighted by atomic mass is 9.97. The zero-order valence-corrected chi connectivity index (χ0v) is 26.9. The number of nitrogens with zero attached hydrogens (tertiary/aromatic N) is 1. The van der Waals surface area contributed by atoms with Crippen molar-refractivity contribution in [3.63, 3.8) is 0 Å². The molecule has 6 rings (SSSR count). The average molecular weight is 672 g/mol. The molecule has 0 atom stereocenters. The number of amides is 1. The molecule has 11 nitrogen and oxygen atoms in total. The van der Waals surface area contributed by atoms with Gasteiger partial charge in [-0.3, -0.25) is 9.69 Å². The third kappa shape index (κ3) is 10.0. The first-order valence-corrected chi connectivity index (χ1v) is 16.0. The zero-order chi connectivity index (χ0) is 34.5. The Morgan fingerprint density at radius 3 is 2.00 bits per heavy atom. The number of fused-ring (bicyclic) bond motifs is 1. The van der Waals surface area contributed by atoms with Crippen LogP contribution in [0.5, 0.6) is 17.2 Å². The van der Waals surface area contributed by atoms with Gasteiger partial charge in [0.05, 0.1) is 5.56 Å². The molecule has 5 aromatic rings. The van der Waals surface area contributed by atoms with Crippen LogP contribution in [0.4, 0.5) is 4.79 Å². The Morgan fingerprint density at radius 1 is 0.792 bits per heavy atom. The summed E-state index contributed by atoms with van der Waals surface area (Å²) in [7, 11) is 0. The summed E-state index contributed by atoms with van der Waals surface area (Å²) in [6, 6.07) is 27.5. The first-order valence-electron chi connectivity index (χ1n) is 15.2. The number of primary amides is 1. The minimum absolute atomic E-state index is 0.0834. The van der Waals surface area contributed by atoms with E-state index in [9.17, 15) is 24.6 Å². The normalized spacial score (nSPS) is 12.5. The summed E-state index contributed by atoms with van der Waals surface area (Å²) in [5, 5.41) is 28.8. The van der Waals surface area contributed by atoms with Crippen molar-refractivity contribution in [1.29, 1.82) is 0 Å². The fourth-order valence-corrected chi connectivity index (χ4v) is 6.27. The van der Waals surface area contributed by atoms with Gasteiger partial charge in [-0.2, -0.15) is 5.90 Å². The first kappa shape index (κ1) is 35.4. The molecule has 0 radical (unpaired) electrons. The van der Waals surface area contributed by atoms with E-state index in [0.29, 0.717) is 23.3 Å². The summed E-state index contributed by atoms with van der Waals surface area (Å²) in [6.45, 7) is 3.85. The van der Waals surface area contributed by atoms with Crippen LogP contribution in [0.1, 0.15) is 45.5 Å². The third-order valence-corrected chi connectivity index (χ3v) is 8.61. The van der Waals surface area contributed by atoms with Crippen LogP contribution in [0.2, 0.25) is 0 Å². The van der Waals surface area contributed by atoms with Crippen LogP contribution < -0.4 is 16.4 Å². The van der Waals surface area contributed by atoms with Crippen LogP contribution in [-0.2, 0) is 4.84 Å². The molecule has 1 aliphatic heterocycles. The Kier molecular flexibility index (Phi) is 12.9. The van der Waals surface area contributed by atoms with Crippen molar-refractivity contribution in [2.24, 2.45) is 11.6 Å². The molecule has 4 aromatic carbocycles. The molecule has 48 heavy (non-hydrogen) atoms. The zero-order valence-electron chi connectivity index (χ0n) is 26.1. The monoisotopic (exact) mass is 671 g/mol. The Morgan fingerprint density at radius 2 is 1.42 bits per heavy atom. The summed E-state index contributed by atoms with van der Waals surface area (Å²) in [4.78, 5) is 39.7. The van der Waals surface area contributed by atoms with Gasteiger partial charge < -0.3 is 30.6 Å². The Labute approximate surface area is 281 Å². The number of benzene rings is 4. The molecule has 12 heteroatoms. The van der Waals surface area contributed by atoms with Crippen LogP contribution in [0.15, 0.2) is 97.1 Å². The number of piperidine rings is 1. The second kappa shape index (κ2) is 17.5. The van der Waals surface area contributed by atoms with Crippen molar-refractivity contribution in [3.05, 3.63) is 114 Å². The van der Waals surface area contributed by atoms with E-state index in [0.717, 1.165) is 45.9 Å².